The third kappa shape index (κ3) is 10.0. The molecule has 0 spiro atoms. The monoisotopic (exact) mass is 861 g/mol. The summed E-state index contributed by atoms with van der Waals surface area (Å²) in [5.41, 5.74) is 3.17. The lowest BCUT2D eigenvalue weighted by atomic mass is 9.55. The van der Waals surface area contributed by atoms with E-state index in [1.807, 2.05) is 26.0 Å². The van der Waals surface area contributed by atoms with Crippen LogP contribution in [0.2, 0.25) is 0 Å². The van der Waals surface area contributed by atoms with Crippen LogP contribution >= 0.6 is 0 Å². The van der Waals surface area contributed by atoms with Gasteiger partial charge in [0.15, 0.2) is 0 Å². The number of sulfonamides is 1. The van der Waals surface area contributed by atoms with Crippen LogP contribution in [-0.4, -0.2) is 79.4 Å². The van der Waals surface area contributed by atoms with Crippen LogP contribution in [0, 0.1) is 23.6 Å². The van der Waals surface area contributed by atoms with Crippen molar-refractivity contribution in [1.82, 2.24) is 4.31 Å². The third-order valence-electron chi connectivity index (χ3n) is 11.9. The Morgan fingerprint density at radius 2 is 1.79 bits per heavy atom. The topological polar surface area (TPSA) is 156 Å². The van der Waals surface area contributed by atoms with Crippen molar-refractivity contribution in [3.8, 4) is 11.5 Å². The predicted molar refractivity (Wildman–Crippen MR) is 232 cm³/mol. The number of aliphatic hydroxyl groups is 2. The number of hydrogen-bond acceptors (Lipinski definition) is 10. The van der Waals surface area contributed by atoms with Gasteiger partial charge >= 0.3 is 0 Å². The number of carbonyl (C=O) groups is 1. The second kappa shape index (κ2) is 21.0. The lowest BCUT2D eigenvalue weighted by molar-refractivity contribution is -0.251. The number of nitrogens with zero attached hydrogens (tertiary/aromatic N) is 2. The fourth-order valence-electron chi connectivity index (χ4n) is 9.35. The molecule has 61 heavy (non-hydrogen) atoms. The first-order valence-corrected chi connectivity index (χ1v) is 22.9. The highest BCUT2D eigenvalue weighted by Crippen LogP contribution is 2.62. The summed E-state index contributed by atoms with van der Waals surface area (Å²) in [6.45, 7) is 9.70. The number of rotatable bonds is 22. The minimum Gasteiger partial charge on any atom is -0.489 e. The summed E-state index contributed by atoms with van der Waals surface area (Å²) in [7, 11) is -4.25. The molecule has 3 aromatic rings. The molecule has 1 amide bonds. The molecule has 6 rings (SSSR count). The molecule has 6 unspecified atom stereocenters. The van der Waals surface area contributed by atoms with Crippen molar-refractivity contribution in [1.29, 1.82) is 0 Å². The molecule has 3 aromatic carbocycles. The maximum atomic E-state index is 15.1. The highest BCUT2D eigenvalue weighted by atomic mass is 32.2. The fourth-order valence-corrected chi connectivity index (χ4v) is 11.1. The molecule has 3 aliphatic rings. The van der Waals surface area contributed by atoms with E-state index in [1.165, 1.54) is 29.4 Å². The zero-order valence-electron chi connectivity index (χ0n) is 35.4. The number of allylic oxidation sites excluding steroid dienone is 1. The number of halogens is 1. The van der Waals surface area contributed by atoms with E-state index in [-0.39, 0.29) is 80.4 Å². The minimum atomic E-state index is -4.25. The van der Waals surface area contributed by atoms with E-state index in [0.29, 0.717) is 47.7 Å². The van der Waals surface area contributed by atoms with Crippen molar-refractivity contribution in [3.63, 3.8) is 0 Å². The molecule has 6 atom stereocenters. The molecule has 14 heteroatoms. The van der Waals surface area contributed by atoms with E-state index < -0.39 is 27.8 Å². The Balaban J connectivity index is 1.58. The number of aliphatic hydroxyl groups excluding tert-OH is 2. The highest BCUT2D eigenvalue weighted by molar-refractivity contribution is 7.89. The van der Waals surface area contributed by atoms with Gasteiger partial charge in [-0.05, 0) is 105 Å². The van der Waals surface area contributed by atoms with E-state index >= 15 is 8.42 Å². The predicted octanol–water partition coefficient (Wildman–Crippen LogP) is 8.12. The molecule has 1 fully saturated rings. The van der Waals surface area contributed by atoms with Crippen LogP contribution in [-0.2, 0) is 31.0 Å². The number of nitrogens with one attached hydrogen (secondary N) is 1. The lowest BCUT2D eigenvalue weighted by Crippen LogP contribution is -2.70. The number of hydrogen-bond donors (Lipinski definition) is 3. The maximum absolute atomic E-state index is 15.1. The number of amides is 1. The Morgan fingerprint density at radius 1 is 1.05 bits per heavy atom. The van der Waals surface area contributed by atoms with Crippen molar-refractivity contribution in [2.24, 2.45) is 22.9 Å². The van der Waals surface area contributed by atoms with E-state index in [1.54, 1.807) is 42.5 Å². The second-order valence-electron chi connectivity index (χ2n) is 15.9. The van der Waals surface area contributed by atoms with Gasteiger partial charge < -0.3 is 34.6 Å². The number of fused-ring (bicyclic) bond motifs is 2. The SMILES string of the molecule is C=CCOC12Oc3ccc(OCc4ccccc4F)cc3C3C(CCCCO)C(CCCCO)C=C(C(=NOCC)CC1N(CCC)S(=O)(=O)c1ccc(NC(C)=O)cc1)C32. The summed E-state index contributed by atoms with van der Waals surface area (Å²) < 4.78 is 66.9. The van der Waals surface area contributed by atoms with Crippen LogP contribution in [0.5, 0.6) is 11.5 Å². The molecule has 12 nitrogen and oxygen atoms in total. The fraction of sp³-hybridized carbons (Fsp3) is 0.489. The largest absolute Gasteiger partial charge is 0.489 e. The Morgan fingerprint density at radius 3 is 2.46 bits per heavy atom. The van der Waals surface area contributed by atoms with Crippen LogP contribution in [0.25, 0.3) is 0 Å². The lowest BCUT2D eigenvalue weighted by Gasteiger charge is -2.59. The molecule has 1 aliphatic heterocycles. The van der Waals surface area contributed by atoms with Crippen molar-refractivity contribution in [3.05, 3.63) is 108 Å². The van der Waals surface area contributed by atoms with Gasteiger partial charge in [-0.3, -0.25) is 4.79 Å². The number of unbranched alkanes of at least 4 members (excludes halogenated alkanes) is 2. The molecule has 1 heterocycles. The average Bonchev–Trinajstić information content (AvgIpc) is 3.25. The van der Waals surface area contributed by atoms with Crippen LogP contribution in [0.15, 0.2) is 101 Å². The summed E-state index contributed by atoms with van der Waals surface area (Å²) in [5.74, 6) is -2.19. The normalized spacial score (nSPS) is 23.7. The van der Waals surface area contributed by atoms with Crippen LogP contribution < -0.4 is 14.8 Å². The van der Waals surface area contributed by atoms with Crippen molar-refractivity contribution < 1.29 is 46.9 Å². The van der Waals surface area contributed by atoms with E-state index in [9.17, 15) is 19.4 Å². The standard InChI is InChI=1S/C47H60FN3O9S/c1-5-24-51(61(55,56)37-21-18-35(19-22-37)49-32(4)54)44-30-42(50-59-7-3)39-28-33(14-10-12-25-52)38(16-11-13-26-53)45-40-29-36(57-31-34-15-8-9-17-41(34)48)20-23-43(40)60-47(44,46(39)45)58-27-6-2/h6,8-9,15,17-23,28-29,33,38,44-46,52-53H,2,5,7,10-14,16,24-27,30-31H2,1,3-4H3,(H,49,54). The van der Waals surface area contributed by atoms with Crippen LogP contribution in [0.4, 0.5) is 10.1 Å². The molecule has 0 bridgehead atoms. The number of ether oxygens (including phenoxy) is 3. The maximum Gasteiger partial charge on any atom is 0.243 e. The second-order valence-corrected chi connectivity index (χ2v) is 17.8. The van der Waals surface area contributed by atoms with E-state index in [2.05, 4.69) is 18.0 Å². The summed E-state index contributed by atoms with van der Waals surface area (Å²) >= 11 is 0. The van der Waals surface area contributed by atoms with Crippen molar-refractivity contribution in [2.75, 3.05) is 38.3 Å². The smallest absolute Gasteiger partial charge is 0.243 e. The van der Waals surface area contributed by atoms with Gasteiger partial charge in [-0.2, -0.15) is 4.31 Å². The van der Waals surface area contributed by atoms with Crippen LogP contribution in [0.1, 0.15) is 89.2 Å². The van der Waals surface area contributed by atoms with Gasteiger partial charge in [0, 0.05) is 55.8 Å². The van der Waals surface area contributed by atoms with Gasteiger partial charge in [0.1, 0.15) is 30.5 Å². The molecule has 0 radical (unpaired) electrons. The van der Waals surface area contributed by atoms with Crippen molar-refractivity contribution >= 4 is 27.3 Å². The van der Waals surface area contributed by atoms with Gasteiger partial charge in [-0.25, -0.2) is 12.8 Å². The number of carbonyl (C=O) groups excluding carboxylic acids is 1. The summed E-state index contributed by atoms with van der Waals surface area (Å²) in [5, 5.41) is 27.2. The number of anilines is 1. The molecule has 3 N–H and O–H groups in total. The Labute approximate surface area is 359 Å². The Bertz CT molecular complexity index is 2150. The highest BCUT2D eigenvalue weighted by Gasteiger charge is 2.66. The Kier molecular flexibility index (Phi) is 15.8. The van der Waals surface area contributed by atoms with Gasteiger partial charge in [0.05, 0.1) is 29.2 Å². The van der Waals surface area contributed by atoms with Gasteiger partial charge in [-0.1, -0.05) is 55.3 Å². The molecule has 2 aliphatic carbocycles. The molecule has 0 saturated heterocycles. The van der Waals surface area contributed by atoms with E-state index in [4.69, 9.17) is 24.2 Å². The molecular weight excluding hydrogens is 802 g/mol. The zero-order valence-corrected chi connectivity index (χ0v) is 36.2. The molecule has 1 saturated carbocycles. The first-order chi connectivity index (χ1) is 29.5. The number of benzene rings is 3. The minimum absolute atomic E-state index is 0.00449. The first-order valence-electron chi connectivity index (χ1n) is 21.5. The average molecular weight is 862 g/mol. The van der Waals surface area contributed by atoms with Gasteiger partial charge in [0.25, 0.3) is 0 Å². The van der Waals surface area contributed by atoms with E-state index in [0.717, 1.165) is 36.8 Å². The summed E-state index contributed by atoms with van der Waals surface area (Å²) in [6, 6.07) is 17.2. The molecule has 0 aromatic heterocycles. The van der Waals surface area contributed by atoms with Crippen LogP contribution in [0.3, 0.4) is 0 Å². The van der Waals surface area contributed by atoms with Crippen molar-refractivity contribution in [2.45, 2.75) is 101 Å². The number of oxime groups is 1. The summed E-state index contributed by atoms with van der Waals surface area (Å²) in [6.07, 6.45) is 8.70. The molecule has 330 valence electrons. The first kappa shape index (κ1) is 45.9. The summed E-state index contributed by atoms with van der Waals surface area (Å²) in [4.78, 5) is 17.6. The quantitative estimate of drug-likeness (QED) is 0.0516. The molecular formula is C47H60FN3O9S. The van der Waals surface area contributed by atoms with Gasteiger partial charge in [-0.15, -0.1) is 6.58 Å². The zero-order chi connectivity index (χ0) is 43.6. The third-order valence-corrected chi connectivity index (χ3v) is 13.8. The van der Waals surface area contributed by atoms with Gasteiger partial charge in [0.2, 0.25) is 21.7 Å². The Hall–Kier alpha value is -4.60.